The Kier molecular flexibility index (Phi) is 11.0. The van der Waals surface area contributed by atoms with E-state index in [1.165, 1.54) is 57.8 Å². The maximum atomic E-state index is 5.66. The fraction of sp³-hybridized carbons (Fsp3) is 1.00. The highest BCUT2D eigenvalue weighted by molar-refractivity contribution is 4.57. The van der Waals surface area contributed by atoms with Crippen LogP contribution in [0.1, 0.15) is 71.6 Å². The van der Waals surface area contributed by atoms with Gasteiger partial charge in [0.15, 0.2) is 0 Å². The van der Waals surface area contributed by atoms with Gasteiger partial charge in [-0.1, -0.05) is 65.2 Å². The number of hydrogen-bond donors (Lipinski definition) is 1. The lowest BCUT2D eigenvalue weighted by Crippen LogP contribution is -2.13. The molecule has 0 saturated heterocycles. The fourth-order valence-electron chi connectivity index (χ4n) is 1.88. The number of rotatable bonds is 10. The van der Waals surface area contributed by atoms with Crippen molar-refractivity contribution >= 4 is 0 Å². The molecule has 0 aliphatic rings. The van der Waals surface area contributed by atoms with Gasteiger partial charge in [-0.3, -0.25) is 0 Å². The second-order valence-electron chi connectivity index (χ2n) is 4.42. The molecule has 0 rings (SSSR count). The minimum atomic E-state index is 0.783. The van der Waals surface area contributed by atoms with Gasteiger partial charge >= 0.3 is 0 Å². The summed E-state index contributed by atoms with van der Waals surface area (Å²) in [6.07, 6.45) is 12.5. The minimum absolute atomic E-state index is 0.783. The molecule has 0 spiro atoms. The van der Waals surface area contributed by atoms with E-state index in [0.29, 0.717) is 0 Å². The van der Waals surface area contributed by atoms with E-state index >= 15 is 0 Å². The van der Waals surface area contributed by atoms with Crippen LogP contribution in [0.15, 0.2) is 0 Å². The number of hydrogen-bond acceptors (Lipinski definition) is 1. The zero-order chi connectivity index (χ0) is 10.6. The second kappa shape index (κ2) is 11.0. The summed E-state index contributed by atoms with van der Waals surface area (Å²) in [5.41, 5.74) is 5.66. The van der Waals surface area contributed by atoms with Gasteiger partial charge in [-0.2, -0.15) is 0 Å². The van der Waals surface area contributed by atoms with E-state index in [1.807, 2.05) is 0 Å². The molecule has 0 saturated carbocycles. The van der Waals surface area contributed by atoms with Gasteiger partial charge < -0.3 is 5.73 Å². The highest BCUT2D eigenvalue weighted by atomic mass is 14.5. The molecule has 2 N–H and O–H groups in total. The van der Waals surface area contributed by atoms with Crippen molar-refractivity contribution in [2.24, 2.45) is 11.7 Å². The zero-order valence-electron chi connectivity index (χ0n) is 10.2. The molecule has 86 valence electrons. The molecule has 0 bridgehead atoms. The average molecular weight is 199 g/mol. The Morgan fingerprint density at radius 1 is 0.857 bits per heavy atom. The smallest absolute Gasteiger partial charge is 0.00490 e. The van der Waals surface area contributed by atoms with Crippen LogP contribution in [0.3, 0.4) is 0 Å². The van der Waals surface area contributed by atoms with Crippen LogP contribution < -0.4 is 5.73 Å². The Morgan fingerprint density at radius 2 is 1.43 bits per heavy atom. The van der Waals surface area contributed by atoms with Gasteiger partial charge in [0.05, 0.1) is 0 Å². The van der Waals surface area contributed by atoms with Crippen LogP contribution in [0.25, 0.3) is 0 Å². The standard InChI is InChI=1S/C13H29N/c1-3-5-6-7-8-9-10-11-13(4-2)12-14/h13H,3-12,14H2,1-2H3. The lowest BCUT2D eigenvalue weighted by Gasteiger charge is -2.11. The lowest BCUT2D eigenvalue weighted by molar-refractivity contribution is 0.446. The zero-order valence-corrected chi connectivity index (χ0v) is 10.2. The number of unbranched alkanes of at least 4 members (excludes halogenated alkanes) is 6. The van der Waals surface area contributed by atoms with Crippen LogP contribution in [-0.4, -0.2) is 6.54 Å². The second-order valence-corrected chi connectivity index (χ2v) is 4.42. The molecule has 14 heavy (non-hydrogen) atoms. The molecule has 1 unspecified atom stereocenters. The van der Waals surface area contributed by atoms with Gasteiger partial charge in [0.25, 0.3) is 0 Å². The van der Waals surface area contributed by atoms with E-state index in [2.05, 4.69) is 13.8 Å². The van der Waals surface area contributed by atoms with Crippen LogP contribution >= 0.6 is 0 Å². The molecule has 0 aliphatic carbocycles. The van der Waals surface area contributed by atoms with Gasteiger partial charge in [-0.25, -0.2) is 0 Å². The quantitative estimate of drug-likeness (QED) is 0.526. The van der Waals surface area contributed by atoms with Crippen LogP contribution in [0.4, 0.5) is 0 Å². The van der Waals surface area contributed by atoms with Crippen molar-refractivity contribution in [1.82, 2.24) is 0 Å². The molecule has 0 aromatic carbocycles. The maximum absolute atomic E-state index is 5.66. The monoisotopic (exact) mass is 199 g/mol. The summed E-state index contributed by atoms with van der Waals surface area (Å²) in [4.78, 5) is 0. The van der Waals surface area contributed by atoms with Crippen molar-refractivity contribution in [3.05, 3.63) is 0 Å². The third-order valence-corrected chi connectivity index (χ3v) is 3.13. The van der Waals surface area contributed by atoms with Crippen LogP contribution in [0.2, 0.25) is 0 Å². The first-order chi connectivity index (χ1) is 6.85. The lowest BCUT2D eigenvalue weighted by atomic mass is 9.98. The minimum Gasteiger partial charge on any atom is -0.330 e. The summed E-state index contributed by atoms with van der Waals surface area (Å²) in [5, 5.41) is 0. The molecule has 0 aromatic rings. The fourth-order valence-corrected chi connectivity index (χ4v) is 1.88. The van der Waals surface area contributed by atoms with Crippen molar-refractivity contribution < 1.29 is 0 Å². The van der Waals surface area contributed by atoms with Crippen molar-refractivity contribution in [2.75, 3.05) is 6.54 Å². The molecule has 0 amide bonds. The summed E-state index contributed by atoms with van der Waals surface area (Å²) >= 11 is 0. The third-order valence-electron chi connectivity index (χ3n) is 3.13. The molecule has 0 heterocycles. The molecule has 0 fully saturated rings. The predicted octanol–water partition coefficient (Wildman–Crippen LogP) is 4.11. The van der Waals surface area contributed by atoms with Gasteiger partial charge in [0.1, 0.15) is 0 Å². The average Bonchev–Trinajstić information content (AvgIpc) is 2.22. The topological polar surface area (TPSA) is 26.0 Å². The highest BCUT2D eigenvalue weighted by Gasteiger charge is 2.02. The Balaban J connectivity index is 3.04. The third kappa shape index (κ3) is 8.55. The van der Waals surface area contributed by atoms with E-state index in [9.17, 15) is 0 Å². The van der Waals surface area contributed by atoms with Crippen LogP contribution in [0, 0.1) is 5.92 Å². The molecule has 0 aliphatic heterocycles. The molecule has 1 heteroatoms. The van der Waals surface area contributed by atoms with E-state index in [4.69, 9.17) is 5.73 Å². The van der Waals surface area contributed by atoms with Crippen molar-refractivity contribution in [3.8, 4) is 0 Å². The Hall–Kier alpha value is -0.0400. The normalized spacial score (nSPS) is 13.1. The first-order valence-corrected chi connectivity index (χ1v) is 6.55. The van der Waals surface area contributed by atoms with Crippen molar-refractivity contribution in [1.29, 1.82) is 0 Å². The van der Waals surface area contributed by atoms with Crippen LogP contribution in [0.5, 0.6) is 0 Å². The molecule has 0 radical (unpaired) electrons. The maximum Gasteiger partial charge on any atom is -0.00490 e. The highest BCUT2D eigenvalue weighted by Crippen LogP contribution is 2.14. The van der Waals surface area contributed by atoms with Gasteiger partial charge in [0, 0.05) is 0 Å². The van der Waals surface area contributed by atoms with Crippen LogP contribution in [-0.2, 0) is 0 Å². The molecular weight excluding hydrogens is 170 g/mol. The molecule has 1 nitrogen and oxygen atoms in total. The SMILES string of the molecule is CCCCCCCCCC(CC)CN. The first-order valence-electron chi connectivity index (χ1n) is 6.55. The Bertz CT molecular complexity index is 97.4. The van der Waals surface area contributed by atoms with Crippen molar-refractivity contribution in [2.45, 2.75) is 71.6 Å². The van der Waals surface area contributed by atoms with E-state index in [-0.39, 0.29) is 0 Å². The first kappa shape index (κ1) is 14.0. The van der Waals surface area contributed by atoms with Gasteiger partial charge in [-0.05, 0) is 18.9 Å². The summed E-state index contributed by atoms with van der Waals surface area (Å²) in [6, 6.07) is 0. The predicted molar refractivity (Wildman–Crippen MR) is 65.4 cm³/mol. The van der Waals surface area contributed by atoms with E-state index in [1.54, 1.807) is 0 Å². The van der Waals surface area contributed by atoms with Gasteiger partial charge in [-0.15, -0.1) is 0 Å². The van der Waals surface area contributed by atoms with E-state index in [0.717, 1.165) is 12.5 Å². The Labute approximate surface area is 90.5 Å². The summed E-state index contributed by atoms with van der Waals surface area (Å²) in [6.45, 7) is 5.40. The Morgan fingerprint density at radius 3 is 1.93 bits per heavy atom. The number of nitrogens with two attached hydrogens (primary N) is 1. The van der Waals surface area contributed by atoms with Crippen molar-refractivity contribution in [3.63, 3.8) is 0 Å². The summed E-state index contributed by atoms with van der Waals surface area (Å²) < 4.78 is 0. The van der Waals surface area contributed by atoms with E-state index < -0.39 is 0 Å². The summed E-state index contributed by atoms with van der Waals surface area (Å²) in [5.74, 6) is 0.783. The largest absolute Gasteiger partial charge is 0.330 e. The van der Waals surface area contributed by atoms with Gasteiger partial charge in [0.2, 0.25) is 0 Å². The molecule has 0 aromatic heterocycles. The molecular formula is C13H29N. The summed E-state index contributed by atoms with van der Waals surface area (Å²) in [7, 11) is 0. The molecule has 1 atom stereocenters.